The molecule has 0 bridgehead atoms. The molecule has 6 nitrogen and oxygen atoms in total. The van der Waals surface area contributed by atoms with E-state index in [1.165, 1.54) is 86.9 Å². The number of allylic oxidation sites excluding steroid dienone is 1. The number of hydrogen-bond donors (Lipinski definition) is 1. The Morgan fingerprint density at radius 2 is 1.79 bits per heavy atom. The fourth-order valence-electron chi connectivity index (χ4n) is 7.59. The SMILES string of the molecule is Cc1cc(C(=O)O)nc2ccc(N3CCC4(CC3)CC(=Cc3c(C(C5CC5)C5CC5)noc3C3CC3)C4)cc12. The summed E-state index contributed by atoms with van der Waals surface area (Å²) in [5.41, 5.74) is 7.78. The maximum Gasteiger partial charge on any atom is 0.354 e. The molecule has 0 unspecified atom stereocenters. The Bertz CT molecular complexity index is 1480. The molecule has 1 aliphatic heterocycles. The summed E-state index contributed by atoms with van der Waals surface area (Å²) in [7, 11) is 0. The van der Waals surface area contributed by atoms with Crippen LogP contribution in [0.4, 0.5) is 5.69 Å². The van der Waals surface area contributed by atoms with Gasteiger partial charge in [0.15, 0.2) is 0 Å². The van der Waals surface area contributed by atoms with Crippen molar-refractivity contribution in [2.75, 3.05) is 18.0 Å². The van der Waals surface area contributed by atoms with Crippen molar-refractivity contribution in [2.24, 2.45) is 17.3 Å². The van der Waals surface area contributed by atoms with Gasteiger partial charge in [-0.15, -0.1) is 0 Å². The van der Waals surface area contributed by atoms with Crippen LogP contribution in [0.3, 0.4) is 0 Å². The fourth-order valence-corrected chi connectivity index (χ4v) is 7.59. The summed E-state index contributed by atoms with van der Waals surface area (Å²) in [6.07, 6.45) is 15.4. The first-order valence-electron chi connectivity index (χ1n) is 15.0. The minimum atomic E-state index is -0.978. The molecule has 5 aliphatic rings. The number of aromatic nitrogens is 2. The van der Waals surface area contributed by atoms with Gasteiger partial charge in [0.2, 0.25) is 0 Å². The normalized spacial score (nSPS) is 22.5. The van der Waals surface area contributed by atoms with Crippen molar-refractivity contribution in [1.82, 2.24) is 10.1 Å². The van der Waals surface area contributed by atoms with Crippen LogP contribution >= 0.6 is 0 Å². The van der Waals surface area contributed by atoms with E-state index in [2.05, 4.69) is 28.1 Å². The summed E-state index contributed by atoms with van der Waals surface area (Å²) in [6.45, 7) is 4.10. The first-order valence-corrected chi connectivity index (χ1v) is 15.0. The maximum absolute atomic E-state index is 11.4. The van der Waals surface area contributed by atoms with Gasteiger partial charge in [-0.2, -0.15) is 0 Å². The van der Waals surface area contributed by atoms with E-state index in [9.17, 15) is 9.90 Å². The molecule has 1 spiro atoms. The molecule has 4 saturated carbocycles. The summed E-state index contributed by atoms with van der Waals surface area (Å²) < 4.78 is 6.05. The van der Waals surface area contributed by atoms with E-state index in [1.807, 2.05) is 13.0 Å². The second-order valence-corrected chi connectivity index (χ2v) is 13.3. The lowest BCUT2D eigenvalue weighted by Crippen LogP contribution is -2.44. The van der Waals surface area contributed by atoms with Crippen LogP contribution in [-0.4, -0.2) is 34.3 Å². The van der Waals surface area contributed by atoms with E-state index in [-0.39, 0.29) is 5.69 Å². The third-order valence-corrected chi connectivity index (χ3v) is 10.3. The van der Waals surface area contributed by atoms with Crippen molar-refractivity contribution < 1.29 is 14.4 Å². The van der Waals surface area contributed by atoms with Crippen LogP contribution in [-0.2, 0) is 0 Å². The zero-order chi connectivity index (χ0) is 26.3. The highest BCUT2D eigenvalue weighted by Crippen LogP contribution is 2.58. The molecule has 39 heavy (non-hydrogen) atoms. The molecule has 1 N–H and O–H groups in total. The summed E-state index contributed by atoms with van der Waals surface area (Å²) in [5.74, 6) is 3.15. The third kappa shape index (κ3) is 4.27. The molecule has 6 heteroatoms. The smallest absolute Gasteiger partial charge is 0.354 e. The van der Waals surface area contributed by atoms with Gasteiger partial charge < -0.3 is 14.5 Å². The van der Waals surface area contributed by atoms with E-state index in [0.717, 1.165) is 41.4 Å². The lowest BCUT2D eigenvalue weighted by molar-refractivity contribution is 0.0691. The van der Waals surface area contributed by atoms with E-state index in [4.69, 9.17) is 9.68 Å². The number of benzene rings is 1. The predicted octanol–water partition coefficient (Wildman–Crippen LogP) is 7.47. The largest absolute Gasteiger partial charge is 0.477 e. The topological polar surface area (TPSA) is 79.5 Å². The van der Waals surface area contributed by atoms with Gasteiger partial charge in [-0.05, 0) is 118 Å². The Balaban J connectivity index is 0.975. The van der Waals surface area contributed by atoms with Gasteiger partial charge >= 0.3 is 5.97 Å². The predicted molar refractivity (Wildman–Crippen MR) is 151 cm³/mol. The van der Waals surface area contributed by atoms with E-state index in [1.54, 1.807) is 11.6 Å². The third-order valence-electron chi connectivity index (χ3n) is 10.3. The van der Waals surface area contributed by atoms with E-state index >= 15 is 0 Å². The number of carboxylic acid groups (broad SMARTS) is 1. The molecule has 8 rings (SSSR count). The highest BCUT2D eigenvalue weighted by molar-refractivity contribution is 5.92. The first kappa shape index (κ1) is 23.7. The van der Waals surface area contributed by atoms with Crippen molar-refractivity contribution >= 4 is 28.6 Å². The standard InChI is InChI=1S/C33H37N3O3/c1-19-14-28(32(37)38)34-27-9-8-24(16-25(19)27)36-12-10-33(11-13-36)17-20(18-33)15-26-30(35-39-31(26)23-6-7-23)29(21-2-3-21)22-4-5-22/h8-9,14-16,21-23,29H,2-7,10-13,17-18H2,1H3,(H,37,38). The molecule has 1 saturated heterocycles. The van der Waals surface area contributed by atoms with Crippen molar-refractivity contribution in [3.05, 3.63) is 58.1 Å². The van der Waals surface area contributed by atoms with Gasteiger partial charge in [0.25, 0.3) is 0 Å². The fraction of sp³-hybridized carbons (Fsp3) is 0.545. The molecular formula is C33H37N3O3. The second-order valence-electron chi connectivity index (χ2n) is 13.3. The molecule has 0 radical (unpaired) electrons. The Morgan fingerprint density at radius 3 is 2.44 bits per heavy atom. The van der Waals surface area contributed by atoms with Gasteiger partial charge in [-0.3, -0.25) is 0 Å². The number of pyridine rings is 1. The van der Waals surface area contributed by atoms with Gasteiger partial charge in [-0.25, -0.2) is 9.78 Å². The van der Waals surface area contributed by atoms with Crippen molar-refractivity contribution in [3.63, 3.8) is 0 Å². The number of fused-ring (bicyclic) bond motifs is 1. The molecule has 1 aromatic carbocycles. The summed E-state index contributed by atoms with van der Waals surface area (Å²) >= 11 is 0. The highest BCUT2D eigenvalue weighted by Gasteiger charge is 2.47. The molecule has 3 heterocycles. The number of piperidine rings is 1. The summed E-state index contributed by atoms with van der Waals surface area (Å²) in [4.78, 5) is 18.2. The van der Waals surface area contributed by atoms with Crippen molar-refractivity contribution in [1.29, 1.82) is 0 Å². The van der Waals surface area contributed by atoms with Crippen LogP contribution < -0.4 is 4.90 Å². The molecule has 5 fully saturated rings. The Morgan fingerprint density at radius 1 is 1.08 bits per heavy atom. The van der Waals surface area contributed by atoms with Gasteiger partial charge in [-0.1, -0.05) is 16.8 Å². The van der Waals surface area contributed by atoms with Crippen LogP contribution in [0.15, 0.2) is 34.4 Å². The van der Waals surface area contributed by atoms with Gasteiger partial charge in [0, 0.05) is 41.6 Å². The molecule has 202 valence electrons. The minimum absolute atomic E-state index is 0.111. The lowest BCUT2D eigenvalue weighted by atomic mass is 9.60. The number of aryl methyl sites for hydroxylation is 1. The average Bonchev–Trinajstić information content (AvgIpc) is 3.77. The zero-order valence-electron chi connectivity index (χ0n) is 22.8. The molecule has 3 aromatic rings. The van der Waals surface area contributed by atoms with Crippen molar-refractivity contribution in [2.45, 2.75) is 83.0 Å². The highest BCUT2D eigenvalue weighted by atomic mass is 16.5. The Labute approximate surface area is 229 Å². The zero-order valence-corrected chi connectivity index (χ0v) is 22.8. The average molecular weight is 524 g/mol. The van der Waals surface area contributed by atoms with Crippen LogP contribution in [0.1, 0.15) is 109 Å². The second kappa shape index (κ2) is 8.67. The molecular weight excluding hydrogens is 486 g/mol. The van der Waals surface area contributed by atoms with Crippen LogP contribution in [0, 0.1) is 24.2 Å². The molecule has 0 atom stereocenters. The number of nitrogens with zero attached hydrogens (tertiary/aromatic N) is 3. The van der Waals surface area contributed by atoms with Gasteiger partial charge in [0.1, 0.15) is 11.5 Å². The number of carbonyl (C=O) groups is 1. The van der Waals surface area contributed by atoms with E-state index in [0.29, 0.717) is 17.3 Å². The number of hydrogen-bond acceptors (Lipinski definition) is 5. The number of carboxylic acids is 1. The molecule has 4 aliphatic carbocycles. The summed E-state index contributed by atoms with van der Waals surface area (Å²) in [5, 5.41) is 15.1. The van der Waals surface area contributed by atoms with Crippen LogP contribution in [0.5, 0.6) is 0 Å². The maximum atomic E-state index is 11.4. The van der Waals surface area contributed by atoms with Crippen LogP contribution in [0.25, 0.3) is 17.0 Å². The number of anilines is 1. The van der Waals surface area contributed by atoms with Crippen molar-refractivity contribution in [3.8, 4) is 0 Å². The number of rotatable bonds is 7. The molecule has 0 amide bonds. The quantitative estimate of drug-likeness (QED) is 0.346. The number of aromatic carboxylic acids is 1. The van der Waals surface area contributed by atoms with E-state index < -0.39 is 5.97 Å². The minimum Gasteiger partial charge on any atom is -0.477 e. The summed E-state index contributed by atoms with van der Waals surface area (Å²) in [6, 6.07) is 7.95. The lowest BCUT2D eigenvalue weighted by Gasteiger charge is -2.50. The Kier molecular flexibility index (Phi) is 5.27. The Hall–Kier alpha value is -3.15. The first-order chi connectivity index (χ1) is 19.0. The van der Waals surface area contributed by atoms with Gasteiger partial charge in [0.05, 0.1) is 11.2 Å². The van der Waals surface area contributed by atoms with Crippen LogP contribution in [0.2, 0.25) is 0 Å². The monoisotopic (exact) mass is 523 g/mol. The molecule has 2 aromatic heterocycles.